The van der Waals surface area contributed by atoms with Gasteiger partial charge in [0.25, 0.3) is 0 Å². The summed E-state index contributed by atoms with van der Waals surface area (Å²) in [6, 6.07) is 4.63. The second kappa shape index (κ2) is 20.5. The summed E-state index contributed by atoms with van der Waals surface area (Å²) in [5.74, 6) is -0.462. The molecule has 0 unspecified atom stereocenters. The molecule has 4 N–H and O–H groups in total. The minimum Gasteiger partial charge on any atom is -0.379 e. The molecule has 0 saturated heterocycles. The number of hydroxylamine groups is 1. The number of oxime groups is 1. The molecule has 0 aliphatic carbocycles. The van der Waals surface area contributed by atoms with Gasteiger partial charge in [0.05, 0.1) is 0 Å². The second-order valence-corrected chi connectivity index (χ2v) is 4.59. The van der Waals surface area contributed by atoms with Gasteiger partial charge in [-0.1, -0.05) is 17.8 Å². The Morgan fingerprint density at radius 1 is 1.22 bits per heavy atom. The first-order valence-corrected chi connectivity index (χ1v) is 8.35. The lowest BCUT2D eigenvalue weighted by atomic mass is 10.3. The van der Waals surface area contributed by atoms with Crippen LogP contribution in [-0.4, -0.2) is 56.8 Å². The molecule has 0 atom stereocenters. The van der Waals surface area contributed by atoms with E-state index in [-0.39, 0.29) is 23.5 Å². The van der Waals surface area contributed by atoms with E-state index in [1.807, 2.05) is 0 Å². The number of nitrogens with two attached hydrogens (primary N) is 2. The van der Waals surface area contributed by atoms with Crippen LogP contribution < -0.4 is 16.3 Å². The van der Waals surface area contributed by atoms with E-state index in [0.717, 1.165) is 18.2 Å². The fraction of sp³-hybridized carbons (Fsp3) is 0.263. The third-order valence-electron chi connectivity index (χ3n) is 2.38. The first kappa shape index (κ1) is 32.9. The van der Waals surface area contributed by atoms with Gasteiger partial charge in [-0.15, -0.1) is 23.1 Å². The van der Waals surface area contributed by atoms with Gasteiger partial charge in [0, 0.05) is 6.07 Å². The third kappa shape index (κ3) is 19.6. The van der Waals surface area contributed by atoms with Gasteiger partial charge in [0.1, 0.15) is 5.82 Å². The number of aliphatic imine (C=N–C) groups is 2. The lowest BCUT2D eigenvalue weighted by Crippen LogP contribution is -2.33. The van der Waals surface area contributed by atoms with Crippen molar-refractivity contribution in [3.05, 3.63) is 42.7 Å². The molecule has 0 bridgehead atoms. The number of alkyl halides is 3. The number of amidine groups is 2. The zero-order valence-electron chi connectivity index (χ0n) is 17.8. The maximum absolute atomic E-state index is 12.9. The van der Waals surface area contributed by atoms with Crippen LogP contribution in [0.2, 0.25) is 0 Å². The number of hydrazone groups is 1. The van der Waals surface area contributed by atoms with Crippen molar-refractivity contribution in [2.75, 3.05) is 20.3 Å². The predicted molar refractivity (Wildman–Crippen MR) is 120 cm³/mol. The molecule has 1 aromatic carbocycles. The Bertz CT molecular complexity index is 741. The van der Waals surface area contributed by atoms with Crippen molar-refractivity contribution in [3.63, 3.8) is 0 Å². The third-order valence-corrected chi connectivity index (χ3v) is 2.38. The summed E-state index contributed by atoms with van der Waals surface area (Å²) in [5, 5.41) is 7.12. The quantitative estimate of drug-likeness (QED) is 0.161. The summed E-state index contributed by atoms with van der Waals surface area (Å²) in [5.41, 5.74) is 9.44. The first-order chi connectivity index (χ1) is 15.1. The molecule has 0 saturated carbocycles. The van der Waals surface area contributed by atoms with Crippen LogP contribution in [0.4, 0.5) is 17.6 Å². The fourth-order valence-electron chi connectivity index (χ4n) is 1.30. The van der Waals surface area contributed by atoms with Gasteiger partial charge < -0.3 is 15.4 Å². The highest BCUT2D eigenvalue weighted by Gasteiger charge is 2.32. The number of hydrogen-bond donors (Lipinski definition) is 2. The zero-order chi connectivity index (χ0) is 25.6. The monoisotopic (exact) mass is 461 g/mol. The van der Waals surface area contributed by atoms with Crippen LogP contribution in [-0.2, 0) is 4.84 Å². The molecular weight excluding hydrogens is 434 g/mol. The number of benzene rings is 1. The molecule has 0 heterocycles. The van der Waals surface area contributed by atoms with E-state index in [9.17, 15) is 17.6 Å². The van der Waals surface area contributed by atoms with Gasteiger partial charge in [-0.05, 0) is 45.6 Å². The minimum atomic E-state index is -4.57. The molecule has 1 rings (SSSR count). The van der Waals surface area contributed by atoms with Gasteiger partial charge in [0.15, 0.2) is 30.7 Å². The van der Waals surface area contributed by atoms with Gasteiger partial charge in [-0.25, -0.2) is 14.4 Å². The number of rotatable bonds is 7. The molecule has 0 aromatic heterocycles. The highest BCUT2D eigenvalue weighted by atomic mass is 19.4. The average molecular weight is 461 g/mol. The Labute approximate surface area is 184 Å². The molecular formula is C19H27F4N7O2. The normalized spacial score (nSPS) is 10.4. The summed E-state index contributed by atoms with van der Waals surface area (Å²) in [4.78, 5) is 16.1. The maximum Gasteiger partial charge on any atom is 0.411 e. The van der Waals surface area contributed by atoms with Crippen molar-refractivity contribution in [2.45, 2.75) is 13.1 Å². The van der Waals surface area contributed by atoms with E-state index in [2.05, 4.69) is 63.7 Å². The molecule has 0 spiro atoms. The van der Waals surface area contributed by atoms with Gasteiger partial charge in [-0.2, -0.15) is 13.2 Å². The summed E-state index contributed by atoms with van der Waals surface area (Å²) >= 11 is 0. The number of hydrogen-bond acceptors (Lipinski definition) is 7. The Balaban J connectivity index is -0.000000587. The Morgan fingerprint density at radius 2 is 1.81 bits per heavy atom. The second-order valence-electron chi connectivity index (χ2n) is 4.59. The Hall–Kier alpha value is -3.76. The zero-order valence-corrected chi connectivity index (χ0v) is 17.8. The predicted octanol–water partition coefficient (Wildman–Crippen LogP) is 2.96. The van der Waals surface area contributed by atoms with Crippen LogP contribution in [0.25, 0.3) is 0 Å². The number of terminal acetylenes is 1. The molecule has 9 nitrogen and oxygen atoms in total. The van der Waals surface area contributed by atoms with E-state index in [1.54, 1.807) is 6.92 Å². The van der Waals surface area contributed by atoms with E-state index in [0.29, 0.717) is 5.84 Å². The molecule has 0 amide bonds. The topological polar surface area (TPSA) is 123 Å². The van der Waals surface area contributed by atoms with Crippen molar-refractivity contribution in [1.29, 1.82) is 0 Å². The highest BCUT2D eigenvalue weighted by Crippen LogP contribution is 2.20. The first-order valence-electron chi connectivity index (χ1n) is 8.35. The summed E-state index contributed by atoms with van der Waals surface area (Å²) in [6.45, 7) is 9.90. The van der Waals surface area contributed by atoms with Crippen LogP contribution in [0.3, 0.4) is 0 Å². The lowest BCUT2D eigenvalue weighted by molar-refractivity contribution is -0.195. The molecule has 178 valence electrons. The summed E-state index contributed by atoms with van der Waals surface area (Å²) in [7, 11) is 1.50. The Kier molecular flexibility index (Phi) is 21.1. The molecule has 13 heteroatoms. The van der Waals surface area contributed by atoms with Gasteiger partial charge in [-0.3, -0.25) is 5.73 Å². The maximum atomic E-state index is 12.9. The van der Waals surface area contributed by atoms with Crippen molar-refractivity contribution in [2.24, 2.45) is 31.7 Å². The molecule has 0 fully saturated rings. The molecule has 0 radical (unpaired) electrons. The molecule has 1 aromatic rings. The number of nitrogens with zero attached hydrogens (tertiary/aromatic N) is 5. The fourth-order valence-corrected chi connectivity index (χ4v) is 1.30. The Morgan fingerprint density at radius 3 is 2.22 bits per heavy atom. The van der Waals surface area contributed by atoms with Crippen molar-refractivity contribution in [1.82, 2.24) is 5.17 Å². The smallest absolute Gasteiger partial charge is 0.379 e. The van der Waals surface area contributed by atoms with E-state index < -0.39 is 18.5 Å². The SMILES string of the molecule is C#C.C=C/C(N=C)=N/N(CC(F)(F)F)Oc1cccc(F)c1.C=N/C(C)=N\OCN.CN. The van der Waals surface area contributed by atoms with Crippen LogP contribution in [0.5, 0.6) is 5.75 Å². The highest BCUT2D eigenvalue weighted by molar-refractivity contribution is 5.95. The average Bonchev–Trinajstić information content (AvgIpc) is 2.77. The van der Waals surface area contributed by atoms with E-state index in [4.69, 9.17) is 10.6 Å². The van der Waals surface area contributed by atoms with Crippen LogP contribution >= 0.6 is 0 Å². The van der Waals surface area contributed by atoms with Crippen LogP contribution in [0, 0.1) is 18.7 Å². The largest absolute Gasteiger partial charge is 0.411 e. The van der Waals surface area contributed by atoms with Gasteiger partial charge >= 0.3 is 6.18 Å². The van der Waals surface area contributed by atoms with E-state index in [1.165, 1.54) is 19.2 Å². The minimum absolute atomic E-state index is 0.0762. The standard InChI is InChI=1S/C12H11F4N3O.C4H9N3O.C2H2.CH5N/c1-3-11(17-2)18-19(8-12(14,15)16)20-10-6-4-5-9(13)7-10;1-4(6-2)7-8-3-5;2*1-2/h3-7H,1-2,8H2;2-3,5H2,1H3;1-2H;2H2,1H3/b18-11-;7-4-;;. The van der Waals surface area contributed by atoms with Crippen LogP contribution in [0.15, 0.2) is 57.2 Å². The van der Waals surface area contributed by atoms with Crippen molar-refractivity contribution in [3.8, 4) is 18.6 Å². The van der Waals surface area contributed by atoms with Crippen molar-refractivity contribution >= 4 is 25.1 Å². The molecule has 32 heavy (non-hydrogen) atoms. The molecule has 0 aliphatic heterocycles. The van der Waals surface area contributed by atoms with Crippen LogP contribution in [0.1, 0.15) is 6.92 Å². The summed E-state index contributed by atoms with van der Waals surface area (Å²) < 4.78 is 50.2. The lowest BCUT2D eigenvalue weighted by Gasteiger charge is -2.20. The van der Waals surface area contributed by atoms with Gasteiger partial charge in [0.2, 0.25) is 0 Å². The van der Waals surface area contributed by atoms with Crippen molar-refractivity contribution < 1.29 is 27.2 Å². The summed E-state index contributed by atoms with van der Waals surface area (Å²) in [6.07, 6.45) is 4.54. The number of halogens is 4. The molecule has 0 aliphatic rings. The van der Waals surface area contributed by atoms with E-state index >= 15 is 0 Å².